The number of amides is 1. The molecule has 1 spiro atoms. The largest absolute Gasteiger partial charge is 0.382 e. The molecule has 1 unspecified atom stereocenters. The Morgan fingerprint density at radius 1 is 1.09 bits per heavy atom. The molecule has 1 aromatic carbocycles. The Balaban J connectivity index is 1.15. The fourth-order valence-corrected chi connectivity index (χ4v) is 5.69. The summed E-state index contributed by atoms with van der Waals surface area (Å²) in [4.78, 5) is 30.3. The van der Waals surface area contributed by atoms with Gasteiger partial charge < -0.3 is 25.8 Å². The third-order valence-corrected chi connectivity index (χ3v) is 7.70. The van der Waals surface area contributed by atoms with E-state index in [-0.39, 0.29) is 28.9 Å². The number of imidazole rings is 1. The third kappa shape index (κ3) is 3.26. The number of rotatable bonds is 2. The van der Waals surface area contributed by atoms with Crippen LogP contribution in [0.4, 0.5) is 11.6 Å². The second kappa shape index (κ2) is 7.55. The lowest BCUT2D eigenvalue weighted by Crippen LogP contribution is -2.44. The molecule has 33 heavy (non-hydrogen) atoms. The highest BCUT2D eigenvalue weighted by Gasteiger charge is 2.46. The van der Waals surface area contributed by atoms with Gasteiger partial charge >= 0.3 is 0 Å². The van der Waals surface area contributed by atoms with Crippen LogP contribution in [-0.2, 0) is 19.5 Å². The Morgan fingerprint density at radius 2 is 1.91 bits per heavy atom. The highest BCUT2D eigenvalue weighted by Crippen LogP contribution is 2.50. The zero-order valence-corrected chi connectivity index (χ0v) is 18.5. The first kappa shape index (κ1) is 20.2. The van der Waals surface area contributed by atoms with E-state index in [4.69, 9.17) is 11.5 Å². The molecule has 2 aliphatic heterocycles. The van der Waals surface area contributed by atoms with Crippen LogP contribution in [0, 0.1) is 5.41 Å². The van der Waals surface area contributed by atoms with Crippen LogP contribution >= 0.6 is 0 Å². The van der Waals surface area contributed by atoms with Crippen molar-refractivity contribution in [2.45, 2.75) is 38.4 Å². The SMILES string of the molecule is Nc1nc(N2CCC3(CC2)Cc2ccccc2C3N)cnc1C(=O)N1CCn2ccnc2C1. The number of benzene rings is 1. The van der Waals surface area contributed by atoms with Gasteiger partial charge in [-0.05, 0) is 35.8 Å². The Bertz CT molecular complexity index is 1210. The number of carbonyl (C=O) groups excluding carboxylic acids is 1. The van der Waals surface area contributed by atoms with Gasteiger partial charge in [-0.1, -0.05) is 24.3 Å². The smallest absolute Gasteiger partial charge is 0.276 e. The molecule has 9 heteroatoms. The molecule has 4 heterocycles. The number of hydrogen-bond acceptors (Lipinski definition) is 7. The van der Waals surface area contributed by atoms with Crippen LogP contribution in [0.3, 0.4) is 0 Å². The fourth-order valence-electron chi connectivity index (χ4n) is 5.69. The summed E-state index contributed by atoms with van der Waals surface area (Å²) >= 11 is 0. The molecule has 0 saturated carbocycles. The normalized spacial score (nSPS) is 21.2. The number of carbonyl (C=O) groups is 1. The highest BCUT2D eigenvalue weighted by atomic mass is 16.2. The second-order valence-electron chi connectivity index (χ2n) is 9.43. The van der Waals surface area contributed by atoms with E-state index in [0.29, 0.717) is 19.6 Å². The molecule has 0 radical (unpaired) electrons. The number of nitrogens with two attached hydrogens (primary N) is 2. The van der Waals surface area contributed by atoms with Gasteiger partial charge in [0.15, 0.2) is 11.5 Å². The van der Waals surface area contributed by atoms with E-state index in [0.717, 1.165) is 44.0 Å². The molecule has 1 aliphatic carbocycles. The molecule has 3 aromatic rings. The minimum atomic E-state index is -0.201. The van der Waals surface area contributed by atoms with E-state index in [9.17, 15) is 4.79 Å². The summed E-state index contributed by atoms with van der Waals surface area (Å²) in [5.74, 6) is 1.56. The first-order valence-electron chi connectivity index (χ1n) is 11.5. The van der Waals surface area contributed by atoms with Crippen molar-refractivity contribution in [1.82, 2.24) is 24.4 Å². The number of nitrogens with zero attached hydrogens (tertiary/aromatic N) is 6. The number of nitrogen functional groups attached to an aromatic ring is 1. The van der Waals surface area contributed by atoms with E-state index in [1.807, 2.05) is 6.20 Å². The third-order valence-electron chi connectivity index (χ3n) is 7.70. The van der Waals surface area contributed by atoms with Gasteiger partial charge in [0.1, 0.15) is 11.6 Å². The average molecular weight is 445 g/mol. The van der Waals surface area contributed by atoms with Crippen molar-refractivity contribution < 1.29 is 4.79 Å². The molecule has 4 N–H and O–H groups in total. The number of hydrogen-bond donors (Lipinski definition) is 2. The number of aromatic nitrogens is 4. The molecule has 0 bridgehead atoms. The lowest BCUT2D eigenvalue weighted by Gasteiger charge is -2.42. The Kier molecular flexibility index (Phi) is 4.62. The van der Waals surface area contributed by atoms with Crippen molar-refractivity contribution >= 4 is 17.5 Å². The maximum Gasteiger partial charge on any atom is 0.276 e. The predicted octanol–water partition coefficient (Wildman–Crippen LogP) is 1.75. The molecule has 1 amide bonds. The number of anilines is 2. The van der Waals surface area contributed by atoms with Crippen LogP contribution in [0.1, 0.15) is 46.3 Å². The average Bonchev–Trinajstić information content (AvgIpc) is 3.41. The monoisotopic (exact) mass is 444 g/mol. The molecule has 3 aliphatic rings. The maximum atomic E-state index is 13.0. The van der Waals surface area contributed by atoms with Gasteiger partial charge in [-0.3, -0.25) is 4.79 Å². The highest BCUT2D eigenvalue weighted by molar-refractivity contribution is 5.96. The molecule has 6 rings (SSSR count). The predicted molar refractivity (Wildman–Crippen MR) is 124 cm³/mol. The minimum absolute atomic E-state index is 0.0761. The van der Waals surface area contributed by atoms with Crippen LogP contribution < -0.4 is 16.4 Å². The van der Waals surface area contributed by atoms with Crippen molar-refractivity contribution in [3.63, 3.8) is 0 Å². The van der Waals surface area contributed by atoms with Gasteiger partial charge in [-0.2, -0.15) is 0 Å². The van der Waals surface area contributed by atoms with E-state index < -0.39 is 0 Å². The topological polar surface area (TPSA) is 119 Å². The summed E-state index contributed by atoms with van der Waals surface area (Å²) in [5.41, 5.74) is 15.9. The lowest BCUT2D eigenvalue weighted by atomic mass is 9.73. The van der Waals surface area contributed by atoms with Crippen molar-refractivity contribution in [3.05, 3.63) is 65.5 Å². The summed E-state index contributed by atoms with van der Waals surface area (Å²) < 4.78 is 2.06. The van der Waals surface area contributed by atoms with E-state index in [2.05, 4.69) is 48.7 Å². The van der Waals surface area contributed by atoms with Gasteiger partial charge in [0.25, 0.3) is 5.91 Å². The Hall–Kier alpha value is -3.46. The zero-order chi connectivity index (χ0) is 22.6. The van der Waals surface area contributed by atoms with Gasteiger partial charge in [0.05, 0.1) is 12.7 Å². The van der Waals surface area contributed by atoms with E-state index in [1.54, 1.807) is 17.3 Å². The van der Waals surface area contributed by atoms with Gasteiger partial charge in [-0.15, -0.1) is 0 Å². The molecule has 9 nitrogen and oxygen atoms in total. The summed E-state index contributed by atoms with van der Waals surface area (Å²) in [7, 11) is 0. The summed E-state index contributed by atoms with van der Waals surface area (Å²) in [6.07, 6.45) is 8.38. The van der Waals surface area contributed by atoms with Gasteiger partial charge in [0.2, 0.25) is 0 Å². The number of fused-ring (bicyclic) bond motifs is 2. The van der Waals surface area contributed by atoms with Gasteiger partial charge in [-0.25, -0.2) is 15.0 Å². The van der Waals surface area contributed by atoms with Crippen LogP contribution in [0.25, 0.3) is 0 Å². The Morgan fingerprint density at radius 3 is 2.70 bits per heavy atom. The first-order valence-corrected chi connectivity index (χ1v) is 11.5. The lowest BCUT2D eigenvalue weighted by molar-refractivity contribution is 0.0702. The molecular weight excluding hydrogens is 416 g/mol. The van der Waals surface area contributed by atoms with Crippen molar-refractivity contribution in [2.24, 2.45) is 11.1 Å². The second-order valence-corrected chi connectivity index (χ2v) is 9.43. The van der Waals surface area contributed by atoms with E-state index >= 15 is 0 Å². The first-order chi connectivity index (χ1) is 16.0. The van der Waals surface area contributed by atoms with Crippen LogP contribution in [0.15, 0.2) is 42.9 Å². The number of piperidine rings is 1. The molecule has 2 aromatic heterocycles. The molecule has 170 valence electrons. The molecular formula is C24H28N8O. The minimum Gasteiger partial charge on any atom is -0.382 e. The van der Waals surface area contributed by atoms with Crippen LogP contribution in [0.2, 0.25) is 0 Å². The van der Waals surface area contributed by atoms with Crippen LogP contribution in [-0.4, -0.2) is 50.0 Å². The standard InChI is InChI=1S/C24H28N8O/c25-21-17-4-2-1-3-16(17)13-24(21)5-8-30(9-6-24)18-14-28-20(22(26)29-18)23(33)32-12-11-31-10-7-27-19(31)15-32/h1-4,7,10,14,21H,5-6,8-9,11-13,15,25H2,(H2,26,29). The summed E-state index contributed by atoms with van der Waals surface area (Å²) in [6, 6.07) is 8.62. The maximum absolute atomic E-state index is 13.0. The fraction of sp³-hybridized carbons (Fsp3) is 0.417. The Labute approximate surface area is 192 Å². The quantitative estimate of drug-likeness (QED) is 0.618. The molecule has 1 saturated heterocycles. The van der Waals surface area contributed by atoms with Crippen molar-refractivity contribution in [1.29, 1.82) is 0 Å². The van der Waals surface area contributed by atoms with Crippen LogP contribution in [0.5, 0.6) is 0 Å². The van der Waals surface area contributed by atoms with E-state index in [1.165, 1.54) is 11.1 Å². The van der Waals surface area contributed by atoms with Crippen molar-refractivity contribution in [3.8, 4) is 0 Å². The molecule has 1 fully saturated rings. The summed E-state index contributed by atoms with van der Waals surface area (Å²) in [5, 5.41) is 0. The molecule has 1 atom stereocenters. The van der Waals surface area contributed by atoms with Gasteiger partial charge in [0, 0.05) is 44.6 Å². The zero-order valence-electron chi connectivity index (χ0n) is 18.5. The van der Waals surface area contributed by atoms with Crippen molar-refractivity contribution in [2.75, 3.05) is 30.3 Å². The summed E-state index contributed by atoms with van der Waals surface area (Å²) in [6.45, 7) is 3.46.